The first-order chi connectivity index (χ1) is 9.06. The van der Waals surface area contributed by atoms with Crippen molar-refractivity contribution in [2.45, 2.75) is 32.6 Å². The molecule has 2 nitrogen and oxygen atoms in total. The normalized spacial score (nSPS) is 19.5. The number of halogens is 2. The zero-order chi connectivity index (χ0) is 13.8. The molecule has 0 saturated carbocycles. The first kappa shape index (κ1) is 14.7. The monoisotopic (exact) mass is 299 g/mol. The number of rotatable bonds is 3. The molecule has 19 heavy (non-hydrogen) atoms. The average Bonchev–Trinajstić information content (AvgIpc) is 2.37. The number of nitrogens with zero attached hydrogens (tertiary/aromatic N) is 1. The highest BCUT2D eigenvalue weighted by atomic mass is 35.5. The number of aryl methyl sites for hydroxylation is 1. The molecular formula is C15H19Cl2NO. The number of benzene rings is 1. The SMILES string of the molecule is CC1CCCN(C(=O)CCc2ccc(Cl)cc2Cl)C1. The average molecular weight is 300 g/mol. The van der Waals surface area contributed by atoms with Gasteiger partial charge in [-0.25, -0.2) is 0 Å². The third-order valence-corrected chi connectivity index (χ3v) is 4.22. The number of piperidine rings is 1. The molecule has 1 heterocycles. The number of amides is 1. The van der Waals surface area contributed by atoms with E-state index in [2.05, 4.69) is 6.92 Å². The second kappa shape index (κ2) is 6.62. The van der Waals surface area contributed by atoms with Crippen LogP contribution in [-0.4, -0.2) is 23.9 Å². The van der Waals surface area contributed by atoms with Crippen LogP contribution in [0.4, 0.5) is 0 Å². The van der Waals surface area contributed by atoms with Crippen LogP contribution >= 0.6 is 23.2 Å². The molecular weight excluding hydrogens is 281 g/mol. The van der Waals surface area contributed by atoms with Crippen LogP contribution < -0.4 is 0 Å². The van der Waals surface area contributed by atoms with Gasteiger partial charge in [0.05, 0.1) is 0 Å². The van der Waals surface area contributed by atoms with Crippen molar-refractivity contribution < 1.29 is 4.79 Å². The van der Waals surface area contributed by atoms with Crippen molar-refractivity contribution in [2.75, 3.05) is 13.1 Å². The van der Waals surface area contributed by atoms with Gasteiger partial charge in [-0.15, -0.1) is 0 Å². The molecule has 4 heteroatoms. The molecule has 1 aromatic rings. The van der Waals surface area contributed by atoms with Crippen molar-refractivity contribution in [3.05, 3.63) is 33.8 Å². The van der Waals surface area contributed by atoms with E-state index in [1.807, 2.05) is 17.0 Å². The van der Waals surface area contributed by atoms with E-state index in [4.69, 9.17) is 23.2 Å². The molecule has 0 aliphatic carbocycles. The van der Waals surface area contributed by atoms with Gasteiger partial charge >= 0.3 is 0 Å². The number of hydrogen-bond acceptors (Lipinski definition) is 1. The predicted octanol–water partition coefficient (Wildman–Crippen LogP) is 4.18. The van der Waals surface area contributed by atoms with Crippen LogP contribution in [0.2, 0.25) is 10.0 Å². The van der Waals surface area contributed by atoms with Crippen LogP contribution in [0.1, 0.15) is 31.7 Å². The maximum absolute atomic E-state index is 12.2. The Morgan fingerprint density at radius 2 is 2.21 bits per heavy atom. The van der Waals surface area contributed by atoms with Crippen LogP contribution in [0.25, 0.3) is 0 Å². The van der Waals surface area contributed by atoms with Gasteiger partial charge in [0.1, 0.15) is 0 Å². The van der Waals surface area contributed by atoms with Crippen LogP contribution in [0.3, 0.4) is 0 Å². The maximum atomic E-state index is 12.2. The van der Waals surface area contributed by atoms with Gasteiger partial charge in [-0.05, 0) is 42.9 Å². The molecule has 0 spiro atoms. The van der Waals surface area contributed by atoms with Gasteiger partial charge in [-0.3, -0.25) is 4.79 Å². The molecule has 1 amide bonds. The van der Waals surface area contributed by atoms with Crippen molar-refractivity contribution in [2.24, 2.45) is 5.92 Å². The van der Waals surface area contributed by atoms with E-state index in [9.17, 15) is 4.79 Å². The Labute approximate surface area is 124 Å². The summed E-state index contributed by atoms with van der Waals surface area (Å²) in [6, 6.07) is 5.44. The fourth-order valence-corrected chi connectivity index (χ4v) is 3.04. The molecule has 1 aromatic carbocycles. The minimum absolute atomic E-state index is 0.234. The fourth-order valence-electron chi connectivity index (χ4n) is 2.54. The highest BCUT2D eigenvalue weighted by molar-refractivity contribution is 6.35. The second-order valence-corrected chi connectivity index (χ2v) is 6.17. The molecule has 0 bridgehead atoms. The Hall–Kier alpha value is -0.730. The molecule has 1 atom stereocenters. The smallest absolute Gasteiger partial charge is 0.222 e. The second-order valence-electron chi connectivity index (χ2n) is 5.32. The molecule has 1 fully saturated rings. The third-order valence-electron chi connectivity index (χ3n) is 3.63. The third kappa shape index (κ3) is 4.12. The Bertz CT molecular complexity index is 461. The van der Waals surface area contributed by atoms with Crippen molar-refractivity contribution in [3.63, 3.8) is 0 Å². The number of likely N-dealkylation sites (tertiary alicyclic amines) is 1. The summed E-state index contributed by atoms with van der Waals surface area (Å²) in [6.45, 7) is 4.00. The van der Waals surface area contributed by atoms with Crippen molar-refractivity contribution >= 4 is 29.1 Å². The largest absolute Gasteiger partial charge is 0.342 e. The van der Waals surface area contributed by atoms with E-state index < -0.39 is 0 Å². The van der Waals surface area contributed by atoms with Gasteiger partial charge in [-0.1, -0.05) is 36.2 Å². The molecule has 0 N–H and O–H groups in total. The molecule has 2 rings (SSSR count). The van der Waals surface area contributed by atoms with Gasteiger partial charge in [0.2, 0.25) is 5.91 Å². The van der Waals surface area contributed by atoms with E-state index in [0.717, 1.165) is 25.1 Å². The summed E-state index contributed by atoms with van der Waals surface area (Å²) in [7, 11) is 0. The Morgan fingerprint density at radius 1 is 1.42 bits per heavy atom. The lowest BCUT2D eigenvalue weighted by molar-refractivity contribution is -0.132. The summed E-state index contributed by atoms with van der Waals surface area (Å²) in [5.74, 6) is 0.856. The standard InChI is InChI=1S/C15H19Cl2NO/c1-11-3-2-8-18(10-11)15(19)7-5-12-4-6-13(16)9-14(12)17/h4,6,9,11H,2-3,5,7-8,10H2,1H3. The van der Waals surface area contributed by atoms with E-state index in [1.165, 1.54) is 6.42 Å². The maximum Gasteiger partial charge on any atom is 0.222 e. The van der Waals surface area contributed by atoms with Crippen LogP contribution in [0.15, 0.2) is 18.2 Å². The van der Waals surface area contributed by atoms with E-state index in [1.54, 1.807) is 6.07 Å². The Kier molecular flexibility index (Phi) is 5.12. The van der Waals surface area contributed by atoms with Crippen LogP contribution in [0, 0.1) is 5.92 Å². The lowest BCUT2D eigenvalue weighted by atomic mass is 9.99. The number of carbonyl (C=O) groups excluding carboxylic acids is 1. The van der Waals surface area contributed by atoms with Gasteiger partial charge in [0.25, 0.3) is 0 Å². The predicted molar refractivity (Wildman–Crippen MR) is 79.8 cm³/mol. The first-order valence-corrected chi connectivity index (χ1v) is 7.53. The van der Waals surface area contributed by atoms with Crippen LogP contribution in [0.5, 0.6) is 0 Å². The summed E-state index contributed by atoms with van der Waals surface area (Å²) < 4.78 is 0. The molecule has 1 saturated heterocycles. The fraction of sp³-hybridized carbons (Fsp3) is 0.533. The van der Waals surface area contributed by atoms with E-state index in [-0.39, 0.29) is 5.91 Å². The molecule has 1 aliphatic heterocycles. The summed E-state index contributed by atoms with van der Waals surface area (Å²) >= 11 is 12.0. The van der Waals surface area contributed by atoms with Crippen LogP contribution in [-0.2, 0) is 11.2 Å². The number of carbonyl (C=O) groups is 1. The lowest BCUT2D eigenvalue weighted by Crippen LogP contribution is -2.39. The number of hydrogen-bond donors (Lipinski definition) is 0. The van der Waals surface area contributed by atoms with Gasteiger partial charge < -0.3 is 4.90 Å². The quantitative estimate of drug-likeness (QED) is 0.820. The zero-order valence-corrected chi connectivity index (χ0v) is 12.7. The molecule has 0 radical (unpaired) electrons. The summed E-state index contributed by atoms with van der Waals surface area (Å²) in [4.78, 5) is 14.1. The van der Waals surface area contributed by atoms with Crippen molar-refractivity contribution in [1.29, 1.82) is 0 Å². The first-order valence-electron chi connectivity index (χ1n) is 6.78. The Balaban J connectivity index is 1.89. The molecule has 1 aliphatic rings. The minimum atomic E-state index is 0.234. The molecule has 104 valence electrons. The lowest BCUT2D eigenvalue weighted by Gasteiger charge is -2.31. The van der Waals surface area contributed by atoms with Crippen molar-refractivity contribution in [1.82, 2.24) is 4.90 Å². The van der Waals surface area contributed by atoms with Gasteiger partial charge in [0, 0.05) is 29.6 Å². The minimum Gasteiger partial charge on any atom is -0.342 e. The summed E-state index contributed by atoms with van der Waals surface area (Å²) in [6.07, 6.45) is 3.55. The highest BCUT2D eigenvalue weighted by Crippen LogP contribution is 2.23. The molecule has 1 unspecified atom stereocenters. The van der Waals surface area contributed by atoms with Crippen molar-refractivity contribution in [3.8, 4) is 0 Å². The molecule has 0 aromatic heterocycles. The highest BCUT2D eigenvalue weighted by Gasteiger charge is 2.20. The van der Waals surface area contributed by atoms with Gasteiger partial charge in [0.15, 0.2) is 0 Å². The summed E-state index contributed by atoms with van der Waals surface area (Å²) in [5.41, 5.74) is 0.990. The van der Waals surface area contributed by atoms with E-state index >= 15 is 0 Å². The van der Waals surface area contributed by atoms with E-state index in [0.29, 0.717) is 28.8 Å². The van der Waals surface area contributed by atoms with Gasteiger partial charge in [-0.2, -0.15) is 0 Å². The Morgan fingerprint density at radius 3 is 2.89 bits per heavy atom. The zero-order valence-electron chi connectivity index (χ0n) is 11.2. The summed E-state index contributed by atoms with van der Waals surface area (Å²) in [5, 5.41) is 1.28. The topological polar surface area (TPSA) is 20.3 Å².